The van der Waals surface area contributed by atoms with E-state index in [-0.39, 0.29) is 11.8 Å². The van der Waals surface area contributed by atoms with Gasteiger partial charge in [-0.25, -0.2) is 0 Å². The number of nitrogens with zero attached hydrogens (tertiary/aromatic N) is 3. The molecule has 0 saturated carbocycles. The first-order valence-electron chi connectivity index (χ1n) is 7.98. The fourth-order valence-corrected chi connectivity index (χ4v) is 2.62. The molecule has 0 aliphatic heterocycles. The molecule has 1 aliphatic carbocycles. The summed E-state index contributed by atoms with van der Waals surface area (Å²) in [5.41, 5.74) is 2.16. The maximum Gasteiger partial charge on any atom is 0.470 e. The molecular weight excluding hydrogens is 347 g/mol. The highest BCUT2D eigenvalue weighted by Gasteiger charge is 2.38. The van der Waals surface area contributed by atoms with Gasteiger partial charge in [0.05, 0.1) is 6.54 Å². The first-order valence-corrected chi connectivity index (χ1v) is 7.98. The molecule has 1 heterocycles. The normalized spacial score (nSPS) is 14.2. The van der Waals surface area contributed by atoms with Crippen molar-refractivity contribution in [2.45, 2.75) is 32.5 Å². The predicted molar refractivity (Wildman–Crippen MR) is 87.4 cm³/mol. The Balaban J connectivity index is 1.76. The number of allylic oxidation sites excluding steroid dienone is 4. The van der Waals surface area contributed by atoms with Crippen LogP contribution in [0.5, 0.6) is 0 Å². The first kappa shape index (κ1) is 17.9. The first-order chi connectivity index (χ1) is 12.3. The average molecular weight is 363 g/mol. The van der Waals surface area contributed by atoms with Gasteiger partial charge in [0.15, 0.2) is 0 Å². The smallest absolute Gasteiger partial charge is 0.413 e. The minimum Gasteiger partial charge on any atom is -0.413 e. The van der Waals surface area contributed by atoms with Gasteiger partial charge < -0.3 is 9.32 Å². The predicted octanol–water partition coefficient (Wildman–Crippen LogP) is 4.34. The second kappa shape index (κ2) is 7.15. The Labute approximate surface area is 147 Å². The van der Waals surface area contributed by atoms with Crippen molar-refractivity contribution in [3.05, 3.63) is 59.6 Å². The molecule has 1 aromatic heterocycles. The van der Waals surface area contributed by atoms with E-state index in [1.54, 1.807) is 29.2 Å². The third kappa shape index (κ3) is 4.01. The summed E-state index contributed by atoms with van der Waals surface area (Å²) in [5.74, 6) is -1.65. The number of benzene rings is 1. The van der Waals surface area contributed by atoms with Gasteiger partial charge >= 0.3 is 12.1 Å². The van der Waals surface area contributed by atoms with Gasteiger partial charge in [0.25, 0.3) is 0 Å². The topological polar surface area (TPSA) is 59.2 Å². The molecule has 1 aromatic carbocycles. The van der Waals surface area contributed by atoms with E-state index in [1.807, 2.05) is 18.2 Å². The standard InChI is InChI=1S/C18H16F3N3O2/c1-12(25)24(15-5-3-2-4-6-15)11-13-7-9-14(10-8-13)16-22-23-17(26-16)18(19,20)21/h2-3,5,7-10H,4,6,11H2,1H3. The summed E-state index contributed by atoms with van der Waals surface area (Å²) < 4.78 is 42.3. The van der Waals surface area contributed by atoms with Crippen molar-refractivity contribution in [2.75, 3.05) is 0 Å². The molecule has 0 N–H and O–H groups in total. The van der Waals surface area contributed by atoms with Crippen LogP contribution in [0, 0.1) is 0 Å². The van der Waals surface area contributed by atoms with Crippen LogP contribution < -0.4 is 0 Å². The Morgan fingerprint density at radius 1 is 1.23 bits per heavy atom. The van der Waals surface area contributed by atoms with Crippen molar-refractivity contribution in [3.63, 3.8) is 0 Å². The highest BCUT2D eigenvalue weighted by Crippen LogP contribution is 2.30. The molecule has 0 spiro atoms. The van der Waals surface area contributed by atoms with Gasteiger partial charge in [-0.05, 0) is 36.6 Å². The van der Waals surface area contributed by atoms with E-state index >= 15 is 0 Å². The van der Waals surface area contributed by atoms with Crippen LogP contribution in [0.25, 0.3) is 11.5 Å². The second-order valence-corrected chi connectivity index (χ2v) is 5.84. The molecule has 0 atom stereocenters. The summed E-state index contributed by atoms with van der Waals surface area (Å²) >= 11 is 0. The summed E-state index contributed by atoms with van der Waals surface area (Å²) in [4.78, 5) is 13.6. The van der Waals surface area contributed by atoms with E-state index in [0.29, 0.717) is 12.1 Å². The molecule has 0 fully saturated rings. The molecule has 0 saturated heterocycles. The maximum absolute atomic E-state index is 12.5. The van der Waals surface area contributed by atoms with Crippen LogP contribution >= 0.6 is 0 Å². The van der Waals surface area contributed by atoms with Crippen LogP contribution in [-0.4, -0.2) is 21.0 Å². The SMILES string of the molecule is CC(=O)N(Cc1ccc(-c2nnc(C(F)(F)F)o2)cc1)C1=CC=CCC1. The third-order valence-corrected chi connectivity index (χ3v) is 3.93. The number of halogens is 3. The number of hydrogen-bond donors (Lipinski definition) is 0. The van der Waals surface area contributed by atoms with Gasteiger partial charge in [-0.2, -0.15) is 13.2 Å². The number of amides is 1. The number of carbonyl (C=O) groups excluding carboxylic acids is 1. The lowest BCUT2D eigenvalue weighted by molar-refractivity contribution is -0.157. The zero-order valence-corrected chi connectivity index (χ0v) is 14.0. The molecule has 3 rings (SSSR count). The number of carbonyl (C=O) groups is 1. The van der Waals surface area contributed by atoms with E-state index in [9.17, 15) is 18.0 Å². The molecule has 5 nitrogen and oxygen atoms in total. The molecule has 1 amide bonds. The monoisotopic (exact) mass is 363 g/mol. The Kier molecular flexibility index (Phi) is 4.92. The van der Waals surface area contributed by atoms with Gasteiger partial charge in [-0.15, -0.1) is 10.2 Å². The van der Waals surface area contributed by atoms with Gasteiger partial charge in [0.2, 0.25) is 11.8 Å². The van der Waals surface area contributed by atoms with Crippen molar-refractivity contribution in [1.82, 2.24) is 15.1 Å². The van der Waals surface area contributed by atoms with Gasteiger partial charge in [0.1, 0.15) is 0 Å². The number of hydrogen-bond acceptors (Lipinski definition) is 4. The van der Waals surface area contributed by atoms with E-state index < -0.39 is 12.1 Å². The Bertz CT molecular complexity index is 851. The Morgan fingerprint density at radius 2 is 1.96 bits per heavy atom. The zero-order valence-electron chi connectivity index (χ0n) is 14.0. The summed E-state index contributed by atoms with van der Waals surface area (Å²) in [5, 5.41) is 6.44. The van der Waals surface area contributed by atoms with Crippen molar-refractivity contribution in [2.24, 2.45) is 0 Å². The number of aromatic nitrogens is 2. The van der Waals surface area contributed by atoms with Crippen LogP contribution in [0.4, 0.5) is 13.2 Å². The molecule has 0 unspecified atom stereocenters. The van der Waals surface area contributed by atoms with Gasteiger partial charge in [-0.3, -0.25) is 4.79 Å². The minimum absolute atomic E-state index is 0.0673. The molecule has 26 heavy (non-hydrogen) atoms. The Hall–Kier alpha value is -2.90. The van der Waals surface area contributed by atoms with E-state index in [4.69, 9.17) is 0 Å². The lowest BCUT2D eigenvalue weighted by atomic mass is 10.1. The van der Waals surface area contributed by atoms with Crippen LogP contribution in [0.2, 0.25) is 0 Å². The summed E-state index contributed by atoms with van der Waals surface area (Å²) in [7, 11) is 0. The van der Waals surface area contributed by atoms with Crippen molar-refractivity contribution in [3.8, 4) is 11.5 Å². The highest BCUT2D eigenvalue weighted by atomic mass is 19.4. The number of rotatable bonds is 4. The largest absolute Gasteiger partial charge is 0.470 e. The lowest BCUT2D eigenvalue weighted by Crippen LogP contribution is -2.28. The van der Waals surface area contributed by atoms with E-state index in [2.05, 4.69) is 14.6 Å². The quantitative estimate of drug-likeness (QED) is 0.811. The fourth-order valence-electron chi connectivity index (χ4n) is 2.62. The molecule has 1 aliphatic rings. The van der Waals surface area contributed by atoms with Crippen molar-refractivity contribution >= 4 is 5.91 Å². The molecule has 2 aromatic rings. The molecule has 136 valence electrons. The molecular formula is C18H16F3N3O2. The van der Waals surface area contributed by atoms with Crippen LogP contribution in [0.3, 0.4) is 0 Å². The Morgan fingerprint density at radius 3 is 2.50 bits per heavy atom. The van der Waals surface area contributed by atoms with E-state index in [0.717, 1.165) is 24.1 Å². The average Bonchev–Trinajstić information content (AvgIpc) is 3.11. The van der Waals surface area contributed by atoms with E-state index in [1.165, 1.54) is 6.92 Å². The zero-order chi connectivity index (χ0) is 18.7. The van der Waals surface area contributed by atoms with Crippen LogP contribution in [0.15, 0.2) is 52.6 Å². The number of alkyl halides is 3. The van der Waals surface area contributed by atoms with Gasteiger partial charge in [0, 0.05) is 18.2 Å². The lowest BCUT2D eigenvalue weighted by Gasteiger charge is -2.25. The summed E-state index contributed by atoms with van der Waals surface area (Å²) in [6, 6.07) is 6.64. The van der Waals surface area contributed by atoms with Crippen molar-refractivity contribution in [1.29, 1.82) is 0 Å². The molecule has 8 heteroatoms. The molecule has 0 bridgehead atoms. The van der Waals surface area contributed by atoms with Gasteiger partial charge in [-0.1, -0.05) is 24.3 Å². The summed E-state index contributed by atoms with van der Waals surface area (Å²) in [6.07, 6.45) is 2.87. The van der Waals surface area contributed by atoms with Crippen LogP contribution in [-0.2, 0) is 17.5 Å². The third-order valence-electron chi connectivity index (χ3n) is 3.93. The maximum atomic E-state index is 12.5. The molecule has 0 radical (unpaired) electrons. The van der Waals surface area contributed by atoms with Crippen LogP contribution in [0.1, 0.15) is 31.2 Å². The highest BCUT2D eigenvalue weighted by molar-refractivity contribution is 5.75. The fraction of sp³-hybridized carbons (Fsp3) is 0.278. The minimum atomic E-state index is -4.67. The second-order valence-electron chi connectivity index (χ2n) is 5.84. The summed E-state index contributed by atoms with van der Waals surface area (Å²) in [6.45, 7) is 1.89. The van der Waals surface area contributed by atoms with Crippen molar-refractivity contribution < 1.29 is 22.4 Å².